The maximum atomic E-state index is 11.2. The molecule has 4 heteroatoms. The normalized spacial score (nSPS) is 25.9. The zero-order valence-electron chi connectivity index (χ0n) is 7.92. The topological polar surface area (TPSA) is 75.3 Å². The molecule has 1 unspecified atom stereocenters. The number of rotatable bonds is 2. The molecule has 1 aliphatic carbocycles. The third-order valence-corrected chi connectivity index (χ3v) is 2.80. The number of amides is 1. The Morgan fingerprint density at radius 2 is 2.43 bits per heavy atom. The van der Waals surface area contributed by atoms with Crippen molar-refractivity contribution in [2.45, 2.75) is 19.3 Å². The first-order valence-electron chi connectivity index (χ1n) is 4.85. The first kappa shape index (κ1) is 9.27. The quantitative estimate of drug-likeness (QED) is 0.601. The molecule has 0 radical (unpaired) electrons. The zero-order chi connectivity index (χ0) is 10.1. The Hall–Kier alpha value is -1.29. The summed E-state index contributed by atoms with van der Waals surface area (Å²) in [5.74, 6) is 0.503. The highest BCUT2D eigenvalue weighted by molar-refractivity contribution is 5.85. The molecule has 1 aliphatic heterocycles. The highest BCUT2D eigenvalue weighted by atomic mass is 16.3. The molecule has 0 aromatic heterocycles. The molecular weight excluding hydrogens is 180 g/mol. The molecule has 4 nitrogen and oxygen atoms in total. The molecule has 4 N–H and O–H groups in total. The van der Waals surface area contributed by atoms with E-state index in [9.17, 15) is 9.90 Å². The van der Waals surface area contributed by atoms with Gasteiger partial charge in [0.15, 0.2) is 0 Å². The lowest BCUT2D eigenvalue weighted by molar-refractivity contribution is -0.119. The van der Waals surface area contributed by atoms with Crippen LogP contribution in [-0.2, 0) is 4.79 Å². The number of nitrogens with two attached hydrogens (primary N) is 1. The van der Waals surface area contributed by atoms with E-state index in [1.807, 2.05) is 0 Å². The second-order valence-corrected chi connectivity index (χ2v) is 3.72. The van der Waals surface area contributed by atoms with Gasteiger partial charge in [-0.25, -0.2) is 0 Å². The van der Waals surface area contributed by atoms with Crippen molar-refractivity contribution in [2.75, 3.05) is 6.54 Å². The Bertz CT molecular complexity index is 331. The molecule has 1 heterocycles. The van der Waals surface area contributed by atoms with Crippen LogP contribution in [-0.4, -0.2) is 17.6 Å². The summed E-state index contributed by atoms with van der Waals surface area (Å²) >= 11 is 0. The van der Waals surface area contributed by atoms with Gasteiger partial charge in [-0.15, -0.1) is 0 Å². The third kappa shape index (κ3) is 1.42. The minimum Gasteiger partial charge on any atom is -0.506 e. The minimum absolute atomic E-state index is 0.0288. The standard InChI is InChI=1S/C10H14N2O2/c11-4-3-6-1-2-8(13)10-7(6)5-9(14)12-10/h2,6,13H,1,3-5,11H2,(H,12,14). The lowest BCUT2D eigenvalue weighted by Crippen LogP contribution is -2.18. The van der Waals surface area contributed by atoms with Crippen LogP contribution in [0.25, 0.3) is 0 Å². The molecule has 0 bridgehead atoms. The van der Waals surface area contributed by atoms with E-state index in [0.29, 0.717) is 24.6 Å². The van der Waals surface area contributed by atoms with Gasteiger partial charge < -0.3 is 16.2 Å². The van der Waals surface area contributed by atoms with Crippen LogP contribution in [0.5, 0.6) is 0 Å². The third-order valence-electron chi connectivity index (χ3n) is 2.80. The molecular formula is C10H14N2O2. The fourth-order valence-electron chi connectivity index (χ4n) is 2.09. The first-order valence-corrected chi connectivity index (χ1v) is 4.85. The molecule has 2 rings (SSSR count). The number of carbonyl (C=O) groups excluding carboxylic acids is 1. The molecule has 76 valence electrons. The van der Waals surface area contributed by atoms with Gasteiger partial charge in [0.1, 0.15) is 5.76 Å². The second kappa shape index (κ2) is 3.46. The Kier molecular flexibility index (Phi) is 2.29. The van der Waals surface area contributed by atoms with Crippen molar-refractivity contribution in [3.63, 3.8) is 0 Å². The van der Waals surface area contributed by atoms with E-state index in [0.717, 1.165) is 18.4 Å². The van der Waals surface area contributed by atoms with Crippen LogP contribution in [0.15, 0.2) is 23.1 Å². The molecule has 1 atom stereocenters. The number of allylic oxidation sites excluding steroid dienone is 1. The van der Waals surface area contributed by atoms with Gasteiger partial charge in [0.2, 0.25) is 5.91 Å². The van der Waals surface area contributed by atoms with Gasteiger partial charge in [0.05, 0.1) is 12.1 Å². The predicted molar refractivity (Wildman–Crippen MR) is 52.3 cm³/mol. The molecule has 0 spiro atoms. The molecule has 2 aliphatic rings. The van der Waals surface area contributed by atoms with Crippen LogP contribution >= 0.6 is 0 Å². The van der Waals surface area contributed by atoms with Crippen LogP contribution in [0.1, 0.15) is 19.3 Å². The van der Waals surface area contributed by atoms with Gasteiger partial charge in [-0.1, -0.05) is 0 Å². The SMILES string of the molecule is NCCC1CC=C(O)C2=C1CC(=O)N2. The van der Waals surface area contributed by atoms with Crippen molar-refractivity contribution in [2.24, 2.45) is 11.7 Å². The lowest BCUT2D eigenvalue weighted by atomic mass is 9.86. The number of carbonyl (C=O) groups is 1. The number of hydrogen-bond acceptors (Lipinski definition) is 3. The van der Waals surface area contributed by atoms with E-state index in [1.165, 1.54) is 0 Å². The minimum atomic E-state index is -0.0288. The van der Waals surface area contributed by atoms with Crippen LogP contribution < -0.4 is 11.1 Å². The summed E-state index contributed by atoms with van der Waals surface area (Å²) < 4.78 is 0. The second-order valence-electron chi connectivity index (χ2n) is 3.72. The highest BCUT2D eigenvalue weighted by Gasteiger charge is 2.31. The van der Waals surface area contributed by atoms with E-state index in [4.69, 9.17) is 5.73 Å². The fourth-order valence-corrected chi connectivity index (χ4v) is 2.09. The molecule has 1 amide bonds. The Labute approximate surface area is 82.5 Å². The summed E-state index contributed by atoms with van der Waals surface area (Å²) in [7, 11) is 0. The summed E-state index contributed by atoms with van der Waals surface area (Å²) in [6, 6.07) is 0. The lowest BCUT2D eigenvalue weighted by Gasteiger charge is -2.20. The Morgan fingerprint density at radius 1 is 1.64 bits per heavy atom. The van der Waals surface area contributed by atoms with Gasteiger partial charge in [-0.05, 0) is 37.0 Å². The van der Waals surface area contributed by atoms with Crippen molar-refractivity contribution in [3.8, 4) is 0 Å². The number of hydrogen-bond donors (Lipinski definition) is 3. The summed E-state index contributed by atoms with van der Waals surface area (Å²) in [4.78, 5) is 11.2. The largest absolute Gasteiger partial charge is 0.506 e. The molecule has 0 saturated heterocycles. The van der Waals surface area contributed by atoms with Gasteiger partial charge in [0.25, 0.3) is 0 Å². The average Bonchev–Trinajstić information content (AvgIpc) is 2.53. The zero-order valence-corrected chi connectivity index (χ0v) is 7.92. The van der Waals surface area contributed by atoms with Crippen LogP contribution in [0, 0.1) is 5.92 Å². The van der Waals surface area contributed by atoms with Crippen molar-refractivity contribution in [1.82, 2.24) is 5.32 Å². The maximum absolute atomic E-state index is 11.2. The van der Waals surface area contributed by atoms with Crippen molar-refractivity contribution in [3.05, 3.63) is 23.1 Å². The molecule has 0 aromatic rings. The summed E-state index contributed by atoms with van der Waals surface area (Å²) in [5.41, 5.74) is 7.15. The average molecular weight is 194 g/mol. The number of nitrogens with one attached hydrogen (secondary N) is 1. The fraction of sp³-hybridized carbons (Fsp3) is 0.500. The molecule has 14 heavy (non-hydrogen) atoms. The van der Waals surface area contributed by atoms with E-state index >= 15 is 0 Å². The number of aliphatic hydroxyl groups is 1. The predicted octanol–water partition coefficient (Wildman–Crippen LogP) is 0.571. The summed E-state index contributed by atoms with van der Waals surface area (Å²) in [6.07, 6.45) is 3.83. The Morgan fingerprint density at radius 3 is 3.14 bits per heavy atom. The maximum Gasteiger partial charge on any atom is 0.228 e. The van der Waals surface area contributed by atoms with Gasteiger partial charge >= 0.3 is 0 Å². The van der Waals surface area contributed by atoms with E-state index in [-0.39, 0.29) is 11.7 Å². The van der Waals surface area contributed by atoms with Crippen LogP contribution in [0.4, 0.5) is 0 Å². The van der Waals surface area contributed by atoms with E-state index in [2.05, 4.69) is 5.32 Å². The highest BCUT2D eigenvalue weighted by Crippen LogP contribution is 2.34. The first-order chi connectivity index (χ1) is 6.72. The van der Waals surface area contributed by atoms with Crippen molar-refractivity contribution < 1.29 is 9.90 Å². The monoisotopic (exact) mass is 194 g/mol. The van der Waals surface area contributed by atoms with Gasteiger partial charge in [0, 0.05) is 0 Å². The van der Waals surface area contributed by atoms with E-state index < -0.39 is 0 Å². The molecule has 0 aromatic carbocycles. The van der Waals surface area contributed by atoms with Crippen molar-refractivity contribution >= 4 is 5.91 Å². The van der Waals surface area contributed by atoms with E-state index in [1.54, 1.807) is 6.08 Å². The van der Waals surface area contributed by atoms with Crippen LogP contribution in [0.3, 0.4) is 0 Å². The summed E-state index contributed by atoms with van der Waals surface area (Å²) in [5, 5.41) is 12.2. The molecule has 0 fully saturated rings. The summed E-state index contributed by atoms with van der Waals surface area (Å²) in [6.45, 7) is 0.615. The van der Waals surface area contributed by atoms with Crippen LogP contribution in [0.2, 0.25) is 0 Å². The smallest absolute Gasteiger partial charge is 0.228 e. The number of aliphatic hydroxyl groups excluding tert-OH is 1. The Balaban J connectivity index is 2.24. The van der Waals surface area contributed by atoms with Crippen molar-refractivity contribution in [1.29, 1.82) is 0 Å². The molecule has 0 saturated carbocycles. The van der Waals surface area contributed by atoms with Gasteiger partial charge in [-0.2, -0.15) is 0 Å². The van der Waals surface area contributed by atoms with Gasteiger partial charge in [-0.3, -0.25) is 4.79 Å².